The van der Waals surface area contributed by atoms with Crippen LogP contribution in [0.4, 0.5) is 19.0 Å². The Morgan fingerprint density at radius 3 is 2.45 bits per heavy atom. The zero-order valence-electron chi connectivity index (χ0n) is 30.5. The van der Waals surface area contributed by atoms with Gasteiger partial charge in [-0.05, 0) is 67.0 Å². The molecule has 0 saturated carbocycles. The standard InChI is InChI=1S/C40H43ClF3N7O4/c1-54-32-18-22(9-10-23(32)19-45-21-25-11-13-34(52)48-25)37-36(41)29(15-16-46-37)27-5-3-7-28-26(27)6-4-8-31(28)49-38-30(40(42,43)44)17-24(39(51-38)55-2)20-47-33-12-14-35(53)50-33/h3,5,7,9-10,15-18,25,31,33,45,47H,4,6,8,11-14,19-21H2,1-2H3,(H,48,52)(H,49,51)(H,50,53)/t25-,31-,33-/m0/s1. The van der Waals surface area contributed by atoms with E-state index >= 15 is 0 Å². The van der Waals surface area contributed by atoms with Crippen LogP contribution in [0.5, 0.6) is 11.6 Å². The first-order valence-electron chi connectivity index (χ1n) is 18.4. The highest BCUT2D eigenvalue weighted by atomic mass is 35.5. The Bertz CT molecular complexity index is 2080. The summed E-state index contributed by atoms with van der Waals surface area (Å²) in [5.41, 5.74) is 5.12. The average Bonchev–Trinajstić information content (AvgIpc) is 3.80. The number of alkyl halides is 3. The molecule has 1 aliphatic carbocycles. The molecule has 0 bridgehead atoms. The molecule has 0 radical (unpaired) electrons. The van der Waals surface area contributed by atoms with Crippen LogP contribution in [0.15, 0.2) is 54.7 Å². The summed E-state index contributed by atoms with van der Waals surface area (Å²) in [5, 5.41) is 15.8. The number of methoxy groups -OCH3 is 2. The van der Waals surface area contributed by atoms with Gasteiger partial charge in [0, 0.05) is 67.0 Å². The summed E-state index contributed by atoms with van der Waals surface area (Å²) in [6, 6.07) is 14.2. The number of carbonyl (C=O) groups is 2. The Kier molecular flexibility index (Phi) is 11.5. The fraction of sp³-hybridized carbons (Fsp3) is 0.400. The molecule has 2 aromatic heterocycles. The molecular formula is C40H43ClF3N7O4. The molecule has 2 fully saturated rings. The second-order valence-corrected chi connectivity index (χ2v) is 14.4. The summed E-state index contributed by atoms with van der Waals surface area (Å²) in [6.45, 7) is 1.24. The highest BCUT2D eigenvalue weighted by Crippen LogP contribution is 2.44. The van der Waals surface area contributed by atoms with E-state index in [2.05, 4.69) is 36.6 Å². The molecule has 2 amide bonds. The lowest BCUT2D eigenvalue weighted by atomic mass is 9.83. The molecule has 7 rings (SSSR count). The van der Waals surface area contributed by atoms with E-state index in [4.69, 9.17) is 21.1 Å². The Labute approximate surface area is 322 Å². The minimum atomic E-state index is -4.69. The van der Waals surface area contributed by atoms with Crippen molar-refractivity contribution < 1.29 is 32.2 Å². The molecule has 5 N–H and O–H groups in total. The monoisotopic (exact) mass is 777 g/mol. The molecule has 3 aliphatic rings. The lowest BCUT2D eigenvalue weighted by molar-refractivity contribution is -0.137. The maximum Gasteiger partial charge on any atom is 0.419 e. The third-order valence-corrected chi connectivity index (χ3v) is 10.8. The quantitative estimate of drug-likeness (QED) is 0.101. The molecule has 11 nitrogen and oxygen atoms in total. The van der Waals surface area contributed by atoms with Crippen molar-refractivity contribution in [2.24, 2.45) is 0 Å². The first-order chi connectivity index (χ1) is 26.5. The van der Waals surface area contributed by atoms with Crippen LogP contribution in [-0.2, 0) is 35.3 Å². The molecule has 4 heterocycles. The minimum Gasteiger partial charge on any atom is -0.496 e. The predicted molar refractivity (Wildman–Crippen MR) is 203 cm³/mol. The number of aromatic nitrogens is 2. The van der Waals surface area contributed by atoms with Crippen LogP contribution in [-0.4, -0.2) is 54.8 Å². The van der Waals surface area contributed by atoms with Crippen molar-refractivity contribution in [3.63, 3.8) is 0 Å². The van der Waals surface area contributed by atoms with Crippen LogP contribution in [0, 0.1) is 0 Å². The van der Waals surface area contributed by atoms with Gasteiger partial charge in [-0.2, -0.15) is 18.2 Å². The van der Waals surface area contributed by atoms with Crippen molar-refractivity contribution in [2.45, 2.75) is 82.5 Å². The van der Waals surface area contributed by atoms with Crippen molar-refractivity contribution in [1.29, 1.82) is 0 Å². The minimum absolute atomic E-state index is 0.0330. The molecule has 2 aliphatic heterocycles. The number of pyridine rings is 2. The Morgan fingerprint density at radius 1 is 0.909 bits per heavy atom. The largest absolute Gasteiger partial charge is 0.496 e. The zero-order valence-corrected chi connectivity index (χ0v) is 31.3. The highest BCUT2D eigenvalue weighted by molar-refractivity contribution is 6.35. The van der Waals surface area contributed by atoms with Gasteiger partial charge in [-0.1, -0.05) is 41.9 Å². The molecular weight excluding hydrogens is 735 g/mol. The van der Waals surface area contributed by atoms with Crippen molar-refractivity contribution in [1.82, 2.24) is 31.2 Å². The van der Waals surface area contributed by atoms with Gasteiger partial charge in [-0.15, -0.1) is 0 Å². The summed E-state index contributed by atoms with van der Waals surface area (Å²) in [7, 11) is 2.98. The molecule has 2 aromatic carbocycles. The third-order valence-electron chi connectivity index (χ3n) is 10.4. The zero-order chi connectivity index (χ0) is 38.7. The van der Waals surface area contributed by atoms with Crippen LogP contribution in [0.25, 0.3) is 22.4 Å². The van der Waals surface area contributed by atoms with Gasteiger partial charge in [0.25, 0.3) is 0 Å². The van der Waals surface area contributed by atoms with Gasteiger partial charge < -0.3 is 30.7 Å². The summed E-state index contributed by atoms with van der Waals surface area (Å²) in [5.74, 6) is 0.394. The summed E-state index contributed by atoms with van der Waals surface area (Å²) < 4.78 is 54.9. The van der Waals surface area contributed by atoms with E-state index in [1.54, 1.807) is 13.3 Å². The number of benzene rings is 2. The smallest absolute Gasteiger partial charge is 0.419 e. The predicted octanol–water partition coefficient (Wildman–Crippen LogP) is 6.68. The van der Waals surface area contributed by atoms with Crippen LogP contribution < -0.4 is 36.1 Å². The first-order valence-corrected chi connectivity index (χ1v) is 18.8. The first kappa shape index (κ1) is 38.4. The van der Waals surface area contributed by atoms with Crippen LogP contribution in [0.2, 0.25) is 5.02 Å². The van der Waals surface area contributed by atoms with Gasteiger partial charge in [-0.3, -0.25) is 19.9 Å². The van der Waals surface area contributed by atoms with E-state index in [-0.39, 0.29) is 47.8 Å². The molecule has 55 heavy (non-hydrogen) atoms. The summed E-state index contributed by atoms with van der Waals surface area (Å²) >= 11 is 7.14. The van der Waals surface area contributed by atoms with E-state index in [1.807, 2.05) is 42.5 Å². The number of nitrogens with one attached hydrogen (secondary N) is 5. The lowest BCUT2D eigenvalue weighted by Gasteiger charge is -2.30. The Morgan fingerprint density at radius 2 is 1.73 bits per heavy atom. The molecule has 3 atom stereocenters. The Hall–Kier alpha value is -4.92. The average molecular weight is 778 g/mol. The fourth-order valence-corrected chi connectivity index (χ4v) is 8.01. The van der Waals surface area contributed by atoms with Crippen molar-refractivity contribution in [3.8, 4) is 34.0 Å². The SMILES string of the molecule is COc1cc(-c2nccc(-c3cccc4c3CCC[C@@H]4Nc3nc(OC)c(CN[C@@H]4CCC(=O)N4)cc3C(F)(F)F)c2Cl)ccc1CNC[C@@H]1CCC(=O)N1. The molecule has 0 spiro atoms. The third kappa shape index (κ3) is 8.51. The van der Waals surface area contributed by atoms with E-state index < -0.39 is 17.8 Å². The lowest BCUT2D eigenvalue weighted by Crippen LogP contribution is -2.38. The summed E-state index contributed by atoms with van der Waals surface area (Å²) in [6.07, 6.45) is 0.967. The van der Waals surface area contributed by atoms with Gasteiger partial charge >= 0.3 is 6.18 Å². The van der Waals surface area contributed by atoms with E-state index in [0.717, 1.165) is 52.3 Å². The van der Waals surface area contributed by atoms with E-state index in [9.17, 15) is 22.8 Å². The van der Waals surface area contributed by atoms with Crippen molar-refractivity contribution >= 4 is 29.2 Å². The number of halogens is 4. The maximum atomic E-state index is 14.6. The number of carbonyl (C=O) groups excluding carboxylic acids is 2. The number of amides is 2. The van der Waals surface area contributed by atoms with Gasteiger partial charge in [0.15, 0.2) is 0 Å². The van der Waals surface area contributed by atoms with Crippen LogP contribution >= 0.6 is 11.6 Å². The van der Waals surface area contributed by atoms with Gasteiger partial charge in [0.05, 0.1) is 42.7 Å². The molecule has 2 saturated heterocycles. The maximum absolute atomic E-state index is 14.6. The number of fused-ring (bicyclic) bond motifs is 1. The molecule has 0 unspecified atom stereocenters. The molecule has 15 heteroatoms. The van der Waals surface area contributed by atoms with E-state index in [0.29, 0.717) is 61.7 Å². The topological polar surface area (TPSA) is 139 Å². The van der Waals surface area contributed by atoms with Gasteiger partial charge in [0.1, 0.15) is 11.6 Å². The van der Waals surface area contributed by atoms with Gasteiger partial charge in [0.2, 0.25) is 17.7 Å². The number of rotatable bonds is 13. The fourth-order valence-electron chi connectivity index (χ4n) is 7.69. The number of nitrogens with zero attached hydrogens (tertiary/aromatic N) is 2. The van der Waals surface area contributed by atoms with Crippen LogP contribution in [0.1, 0.15) is 72.4 Å². The van der Waals surface area contributed by atoms with Crippen molar-refractivity contribution in [3.05, 3.63) is 87.6 Å². The normalized spacial score (nSPS) is 19.5. The summed E-state index contributed by atoms with van der Waals surface area (Å²) in [4.78, 5) is 32.1. The molecule has 4 aromatic rings. The van der Waals surface area contributed by atoms with E-state index in [1.165, 1.54) is 7.11 Å². The Balaban J connectivity index is 1.14. The number of hydrogen-bond acceptors (Lipinski definition) is 9. The van der Waals surface area contributed by atoms with Crippen LogP contribution in [0.3, 0.4) is 0 Å². The van der Waals surface area contributed by atoms with Gasteiger partial charge in [-0.25, -0.2) is 0 Å². The number of anilines is 1. The molecule has 290 valence electrons. The second kappa shape index (κ2) is 16.4. The number of hydrogen-bond donors (Lipinski definition) is 5. The van der Waals surface area contributed by atoms with Crippen molar-refractivity contribution in [2.75, 3.05) is 26.1 Å². The number of ether oxygens (including phenoxy) is 2. The highest BCUT2D eigenvalue weighted by Gasteiger charge is 2.37. The second-order valence-electron chi connectivity index (χ2n) is 14.0.